The third-order valence-corrected chi connectivity index (χ3v) is 21.1. The van der Waals surface area contributed by atoms with Gasteiger partial charge in [-0.2, -0.15) is 0 Å². The SMILES string of the molecule is CCO[Si](CC)(CC)C([Si])(CC)[Si](CC)(CC)OCC. The molecule has 0 rings (SSSR count). The summed E-state index contributed by atoms with van der Waals surface area (Å²) >= 11 is 0. The normalized spacial score (nSPS) is 13.8. The molecule has 0 aromatic carbocycles. The first-order valence-electron chi connectivity index (χ1n) is 8.45. The van der Waals surface area contributed by atoms with Gasteiger partial charge in [0, 0.05) is 23.5 Å². The van der Waals surface area contributed by atoms with Crippen LogP contribution in [0.5, 0.6) is 0 Å². The van der Waals surface area contributed by atoms with Gasteiger partial charge in [-0.3, -0.25) is 0 Å². The molecule has 0 bridgehead atoms. The molecule has 0 N–H and O–H groups in total. The monoisotopic (exact) mass is 331 g/mol. The van der Waals surface area contributed by atoms with Crippen LogP contribution in [0.2, 0.25) is 28.5 Å². The highest BCUT2D eigenvalue weighted by atomic mass is 28.4. The molecule has 119 valence electrons. The molecule has 0 aliphatic heterocycles. The van der Waals surface area contributed by atoms with E-state index in [0.29, 0.717) is 0 Å². The van der Waals surface area contributed by atoms with Crippen LogP contribution < -0.4 is 0 Å². The van der Waals surface area contributed by atoms with Crippen LogP contribution in [0, 0.1) is 0 Å². The van der Waals surface area contributed by atoms with Gasteiger partial charge in [0.05, 0.1) is 0 Å². The Morgan fingerprint density at radius 2 is 1.00 bits per heavy atom. The van der Waals surface area contributed by atoms with Crippen LogP contribution in [0.1, 0.15) is 54.9 Å². The average Bonchev–Trinajstić information content (AvgIpc) is 2.49. The van der Waals surface area contributed by atoms with Crippen molar-refractivity contribution in [2.45, 2.75) is 83.3 Å². The number of rotatable bonds is 11. The first-order valence-corrected chi connectivity index (χ1v) is 13.6. The van der Waals surface area contributed by atoms with Gasteiger partial charge >= 0.3 is 0 Å². The molecular weight excluding hydrogens is 296 g/mol. The van der Waals surface area contributed by atoms with Gasteiger partial charge in [-0.05, 0) is 42.3 Å². The minimum Gasteiger partial charge on any atom is -0.417 e. The van der Waals surface area contributed by atoms with Gasteiger partial charge in [0.1, 0.15) is 0 Å². The summed E-state index contributed by atoms with van der Waals surface area (Å²) in [7, 11) is 0.590. The zero-order valence-corrected chi connectivity index (χ0v) is 17.8. The van der Waals surface area contributed by atoms with Crippen molar-refractivity contribution in [3.05, 3.63) is 0 Å². The minimum absolute atomic E-state index is 0.110. The highest BCUT2D eigenvalue weighted by molar-refractivity contribution is 7.03. The predicted molar refractivity (Wildman–Crippen MR) is 95.4 cm³/mol. The molecule has 2 nitrogen and oxygen atoms in total. The molecule has 0 atom stereocenters. The van der Waals surface area contributed by atoms with Crippen molar-refractivity contribution in [2.75, 3.05) is 13.2 Å². The van der Waals surface area contributed by atoms with Crippen LogP contribution in [-0.2, 0) is 8.85 Å². The molecule has 0 amide bonds. The molecule has 5 heteroatoms. The van der Waals surface area contributed by atoms with E-state index in [9.17, 15) is 0 Å². The number of hydrogen-bond acceptors (Lipinski definition) is 2. The third kappa shape index (κ3) is 3.32. The Morgan fingerprint density at radius 1 is 0.700 bits per heavy atom. The summed E-state index contributed by atoms with van der Waals surface area (Å²) in [5, 5.41) is 0. The molecule has 0 fully saturated rings. The lowest BCUT2D eigenvalue weighted by Crippen LogP contribution is -2.65. The van der Waals surface area contributed by atoms with Gasteiger partial charge in [0.15, 0.2) is 16.6 Å². The first-order chi connectivity index (χ1) is 9.42. The lowest BCUT2D eigenvalue weighted by Gasteiger charge is -2.54. The lowest BCUT2D eigenvalue weighted by atomic mass is 10.5. The van der Waals surface area contributed by atoms with Crippen molar-refractivity contribution >= 4 is 26.9 Å². The average molecular weight is 332 g/mol. The van der Waals surface area contributed by atoms with Crippen molar-refractivity contribution in [1.82, 2.24) is 0 Å². The molecule has 3 radical (unpaired) electrons. The second kappa shape index (κ2) is 8.88. The van der Waals surface area contributed by atoms with Crippen LogP contribution >= 0.6 is 0 Å². The van der Waals surface area contributed by atoms with Crippen molar-refractivity contribution in [3.63, 3.8) is 0 Å². The van der Waals surface area contributed by atoms with E-state index in [0.717, 1.165) is 43.8 Å². The Morgan fingerprint density at radius 3 is 1.15 bits per heavy atom. The van der Waals surface area contributed by atoms with E-state index in [1.807, 2.05) is 0 Å². The molecule has 0 aliphatic carbocycles. The molecule has 0 unspecified atom stereocenters. The summed E-state index contributed by atoms with van der Waals surface area (Å²) in [6.07, 6.45) is 1.12. The fraction of sp³-hybridized carbons (Fsp3) is 1.00. The largest absolute Gasteiger partial charge is 0.417 e. The Labute approximate surface area is 132 Å². The maximum Gasteiger partial charge on any atom is 0.194 e. The lowest BCUT2D eigenvalue weighted by molar-refractivity contribution is 0.283. The summed E-state index contributed by atoms with van der Waals surface area (Å²) in [5.74, 6) is 0. The number of hydrogen-bond donors (Lipinski definition) is 0. The molecule has 20 heavy (non-hydrogen) atoms. The van der Waals surface area contributed by atoms with Gasteiger partial charge in [0.2, 0.25) is 0 Å². The quantitative estimate of drug-likeness (QED) is 0.504. The molecule has 0 spiro atoms. The predicted octanol–water partition coefficient (Wildman–Crippen LogP) is 4.85. The summed E-state index contributed by atoms with van der Waals surface area (Å²) in [6.45, 7) is 17.5. The van der Waals surface area contributed by atoms with E-state index >= 15 is 0 Å². The fourth-order valence-electron chi connectivity index (χ4n) is 3.97. The Bertz CT molecular complexity index is 242. The summed E-state index contributed by atoms with van der Waals surface area (Å²) in [4.78, 5) is 0. The Balaban J connectivity index is 5.94. The van der Waals surface area contributed by atoms with Crippen LogP contribution in [0.3, 0.4) is 0 Å². The highest BCUT2D eigenvalue weighted by Gasteiger charge is 2.61. The van der Waals surface area contributed by atoms with E-state index in [4.69, 9.17) is 8.85 Å². The molecular formula is C15H35O2Si3. The van der Waals surface area contributed by atoms with Crippen LogP contribution in [-0.4, -0.2) is 40.1 Å². The van der Waals surface area contributed by atoms with Gasteiger partial charge in [0.25, 0.3) is 0 Å². The van der Waals surface area contributed by atoms with Crippen LogP contribution in [0.15, 0.2) is 0 Å². The van der Waals surface area contributed by atoms with Gasteiger partial charge < -0.3 is 8.85 Å². The van der Waals surface area contributed by atoms with Crippen LogP contribution in [0.25, 0.3) is 0 Å². The molecule has 0 saturated heterocycles. The van der Waals surface area contributed by atoms with Gasteiger partial charge in [-0.25, -0.2) is 0 Å². The molecule has 0 aliphatic rings. The highest BCUT2D eigenvalue weighted by Crippen LogP contribution is 2.53. The van der Waals surface area contributed by atoms with Crippen LogP contribution in [0.4, 0.5) is 0 Å². The van der Waals surface area contributed by atoms with E-state index < -0.39 is 16.6 Å². The van der Waals surface area contributed by atoms with E-state index in [1.165, 1.54) is 0 Å². The molecule has 0 heterocycles. The van der Waals surface area contributed by atoms with Gasteiger partial charge in [-0.1, -0.05) is 41.0 Å². The van der Waals surface area contributed by atoms with Crippen molar-refractivity contribution in [2.24, 2.45) is 0 Å². The summed E-state index contributed by atoms with van der Waals surface area (Å²) in [6, 6.07) is 4.65. The second-order valence-electron chi connectivity index (χ2n) is 5.53. The summed E-state index contributed by atoms with van der Waals surface area (Å²) in [5.41, 5.74) is 0. The van der Waals surface area contributed by atoms with E-state index in [2.05, 4.69) is 58.7 Å². The minimum atomic E-state index is -1.86. The molecule has 0 saturated carbocycles. The summed E-state index contributed by atoms with van der Waals surface area (Å²) < 4.78 is 13.1. The molecule has 0 aromatic rings. The van der Waals surface area contributed by atoms with E-state index in [-0.39, 0.29) is 4.28 Å². The second-order valence-corrected chi connectivity index (χ2v) is 17.0. The maximum atomic E-state index is 6.48. The standard InChI is InChI=1S/C15H35O2Si3/c1-8-15(18,19(11-4,12-5)16-9-2)20(13-6,14-7)17-10-3/h8-14H2,1-7H3. The Kier molecular flexibility index (Phi) is 9.13. The van der Waals surface area contributed by atoms with Crippen molar-refractivity contribution in [1.29, 1.82) is 0 Å². The molecule has 0 aromatic heterocycles. The van der Waals surface area contributed by atoms with Crippen molar-refractivity contribution < 1.29 is 8.85 Å². The first kappa shape index (κ1) is 20.6. The zero-order chi connectivity index (χ0) is 15.9. The zero-order valence-electron chi connectivity index (χ0n) is 14.8. The maximum absolute atomic E-state index is 6.48. The van der Waals surface area contributed by atoms with Gasteiger partial charge in [-0.15, -0.1) is 0 Å². The fourth-order valence-corrected chi connectivity index (χ4v) is 19.5. The van der Waals surface area contributed by atoms with E-state index in [1.54, 1.807) is 0 Å². The Hall–Kier alpha value is 0.571. The topological polar surface area (TPSA) is 18.5 Å². The smallest absolute Gasteiger partial charge is 0.194 e. The van der Waals surface area contributed by atoms with Crippen molar-refractivity contribution in [3.8, 4) is 0 Å². The third-order valence-electron chi connectivity index (χ3n) is 5.21.